The van der Waals surface area contributed by atoms with Crippen LogP contribution in [0.2, 0.25) is 0 Å². The summed E-state index contributed by atoms with van der Waals surface area (Å²) in [6.45, 7) is 6.34. The van der Waals surface area contributed by atoms with Gasteiger partial charge in [0.25, 0.3) is 0 Å². The molecule has 0 aliphatic rings. The van der Waals surface area contributed by atoms with Crippen LogP contribution >= 0.6 is 0 Å². The molecule has 0 fully saturated rings. The molecule has 0 heterocycles. The van der Waals surface area contributed by atoms with Gasteiger partial charge < -0.3 is 10.4 Å². The monoisotopic (exact) mass is 285 g/mol. The fourth-order valence-corrected chi connectivity index (χ4v) is 2.56. The number of nitrogens with one attached hydrogen (secondary N) is 1. The molecule has 2 heteroatoms. The summed E-state index contributed by atoms with van der Waals surface area (Å²) >= 11 is 0. The van der Waals surface area contributed by atoms with Crippen molar-refractivity contribution >= 4 is 0 Å². The van der Waals surface area contributed by atoms with Crippen LogP contribution in [0.15, 0.2) is 0 Å². The lowest BCUT2D eigenvalue weighted by atomic mass is 10.1. The SMILES string of the molecule is CCCCCCCCCCC(O)CNCCCCCC. The van der Waals surface area contributed by atoms with Crippen molar-refractivity contribution < 1.29 is 5.11 Å². The first-order valence-electron chi connectivity index (χ1n) is 9.20. The van der Waals surface area contributed by atoms with E-state index >= 15 is 0 Å². The second kappa shape index (κ2) is 17.0. The highest BCUT2D eigenvalue weighted by atomic mass is 16.3. The molecule has 0 spiro atoms. The molecule has 0 saturated carbocycles. The van der Waals surface area contributed by atoms with Crippen molar-refractivity contribution in [1.29, 1.82) is 0 Å². The largest absolute Gasteiger partial charge is 0.392 e. The quantitative estimate of drug-likeness (QED) is 0.389. The molecule has 122 valence electrons. The lowest BCUT2D eigenvalue weighted by molar-refractivity contribution is 0.158. The highest BCUT2D eigenvalue weighted by Crippen LogP contribution is 2.10. The Bertz CT molecular complexity index is 173. The van der Waals surface area contributed by atoms with Crippen LogP contribution in [0.25, 0.3) is 0 Å². The van der Waals surface area contributed by atoms with Crippen molar-refractivity contribution in [2.75, 3.05) is 13.1 Å². The van der Waals surface area contributed by atoms with Gasteiger partial charge in [-0.3, -0.25) is 0 Å². The molecule has 0 radical (unpaired) electrons. The second-order valence-electron chi connectivity index (χ2n) is 6.18. The van der Waals surface area contributed by atoms with Crippen LogP contribution in [-0.4, -0.2) is 24.3 Å². The van der Waals surface area contributed by atoms with Crippen LogP contribution in [0.1, 0.15) is 97.3 Å². The van der Waals surface area contributed by atoms with E-state index in [-0.39, 0.29) is 6.10 Å². The highest BCUT2D eigenvalue weighted by Gasteiger charge is 2.02. The molecular weight excluding hydrogens is 246 g/mol. The van der Waals surface area contributed by atoms with Gasteiger partial charge in [0.05, 0.1) is 6.10 Å². The summed E-state index contributed by atoms with van der Waals surface area (Å²) in [6.07, 6.45) is 16.8. The van der Waals surface area contributed by atoms with Gasteiger partial charge in [-0.1, -0.05) is 84.5 Å². The Morgan fingerprint density at radius 3 is 1.80 bits per heavy atom. The summed E-state index contributed by atoms with van der Waals surface area (Å²) in [7, 11) is 0. The van der Waals surface area contributed by atoms with Gasteiger partial charge in [0.2, 0.25) is 0 Å². The molecule has 0 aliphatic carbocycles. The molecule has 0 aliphatic heterocycles. The molecule has 1 unspecified atom stereocenters. The normalized spacial score (nSPS) is 12.8. The average molecular weight is 286 g/mol. The van der Waals surface area contributed by atoms with Crippen molar-refractivity contribution in [3.8, 4) is 0 Å². The number of hydrogen-bond donors (Lipinski definition) is 2. The van der Waals surface area contributed by atoms with Crippen molar-refractivity contribution in [3.05, 3.63) is 0 Å². The van der Waals surface area contributed by atoms with E-state index in [2.05, 4.69) is 19.2 Å². The fourth-order valence-electron chi connectivity index (χ4n) is 2.56. The maximum Gasteiger partial charge on any atom is 0.0664 e. The van der Waals surface area contributed by atoms with Gasteiger partial charge in [-0.2, -0.15) is 0 Å². The summed E-state index contributed by atoms with van der Waals surface area (Å²) in [5, 5.41) is 13.2. The van der Waals surface area contributed by atoms with E-state index in [1.54, 1.807) is 0 Å². The predicted octanol–water partition coefficient (Wildman–Crippen LogP) is 5.05. The van der Waals surface area contributed by atoms with Gasteiger partial charge in [-0.15, -0.1) is 0 Å². The molecule has 0 saturated heterocycles. The Labute approximate surface area is 127 Å². The number of aliphatic hydroxyl groups is 1. The topological polar surface area (TPSA) is 32.3 Å². The first-order valence-corrected chi connectivity index (χ1v) is 9.20. The van der Waals surface area contributed by atoms with Crippen molar-refractivity contribution in [1.82, 2.24) is 5.32 Å². The van der Waals surface area contributed by atoms with E-state index in [4.69, 9.17) is 0 Å². The van der Waals surface area contributed by atoms with E-state index in [0.29, 0.717) is 0 Å². The molecule has 0 bridgehead atoms. The first-order chi connectivity index (χ1) is 9.81. The second-order valence-corrected chi connectivity index (χ2v) is 6.18. The zero-order valence-corrected chi connectivity index (χ0v) is 14.1. The maximum atomic E-state index is 9.86. The van der Waals surface area contributed by atoms with Crippen LogP contribution in [0.3, 0.4) is 0 Å². The Kier molecular flexibility index (Phi) is 16.9. The van der Waals surface area contributed by atoms with Gasteiger partial charge in [0, 0.05) is 6.54 Å². The van der Waals surface area contributed by atoms with Gasteiger partial charge in [-0.05, 0) is 19.4 Å². The van der Waals surface area contributed by atoms with Gasteiger partial charge in [-0.25, -0.2) is 0 Å². The van der Waals surface area contributed by atoms with Crippen molar-refractivity contribution in [3.63, 3.8) is 0 Å². The third kappa shape index (κ3) is 16.0. The van der Waals surface area contributed by atoms with E-state index in [9.17, 15) is 5.11 Å². The fraction of sp³-hybridized carbons (Fsp3) is 1.00. The molecule has 0 amide bonds. The third-order valence-electron chi connectivity index (χ3n) is 3.98. The zero-order valence-electron chi connectivity index (χ0n) is 14.1. The lowest BCUT2D eigenvalue weighted by Crippen LogP contribution is -2.27. The summed E-state index contributed by atoms with van der Waals surface area (Å²) in [5.41, 5.74) is 0. The Morgan fingerprint density at radius 1 is 0.700 bits per heavy atom. The van der Waals surface area contributed by atoms with E-state index in [1.165, 1.54) is 77.0 Å². The summed E-state index contributed by atoms with van der Waals surface area (Å²) < 4.78 is 0. The number of aliphatic hydroxyl groups excluding tert-OH is 1. The highest BCUT2D eigenvalue weighted by molar-refractivity contribution is 4.60. The zero-order chi connectivity index (χ0) is 14.9. The number of hydrogen-bond acceptors (Lipinski definition) is 2. The molecular formula is C18H39NO. The number of rotatable bonds is 16. The van der Waals surface area contributed by atoms with Crippen LogP contribution in [0, 0.1) is 0 Å². The molecule has 0 aromatic rings. The Morgan fingerprint density at radius 2 is 1.20 bits per heavy atom. The summed E-state index contributed by atoms with van der Waals surface area (Å²) in [6, 6.07) is 0. The lowest BCUT2D eigenvalue weighted by Gasteiger charge is -2.11. The molecule has 2 N–H and O–H groups in total. The average Bonchev–Trinajstić information content (AvgIpc) is 2.45. The molecule has 1 atom stereocenters. The third-order valence-corrected chi connectivity index (χ3v) is 3.98. The van der Waals surface area contributed by atoms with E-state index < -0.39 is 0 Å². The van der Waals surface area contributed by atoms with Crippen LogP contribution in [-0.2, 0) is 0 Å². The van der Waals surface area contributed by atoms with E-state index in [1.807, 2.05) is 0 Å². The summed E-state index contributed by atoms with van der Waals surface area (Å²) in [4.78, 5) is 0. The molecule has 0 rings (SSSR count). The van der Waals surface area contributed by atoms with Gasteiger partial charge in [0.1, 0.15) is 0 Å². The predicted molar refractivity (Wildman–Crippen MR) is 90.2 cm³/mol. The number of unbranched alkanes of at least 4 members (excludes halogenated alkanes) is 10. The minimum atomic E-state index is -0.138. The Hall–Kier alpha value is -0.0800. The van der Waals surface area contributed by atoms with Crippen molar-refractivity contribution in [2.24, 2.45) is 0 Å². The Balaban J connectivity index is 3.10. The van der Waals surface area contributed by atoms with Crippen LogP contribution < -0.4 is 5.32 Å². The summed E-state index contributed by atoms with van der Waals surface area (Å²) in [5.74, 6) is 0. The standard InChI is InChI=1S/C18H39NO/c1-3-5-7-9-10-11-12-13-15-18(20)17-19-16-14-8-6-4-2/h18-20H,3-17H2,1-2H3. The van der Waals surface area contributed by atoms with Gasteiger partial charge >= 0.3 is 0 Å². The van der Waals surface area contributed by atoms with E-state index in [0.717, 1.165) is 19.5 Å². The van der Waals surface area contributed by atoms with Gasteiger partial charge in [0.15, 0.2) is 0 Å². The first kappa shape index (κ1) is 19.9. The molecule has 0 aromatic carbocycles. The molecule has 0 aromatic heterocycles. The maximum absolute atomic E-state index is 9.86. The molecule has 2 nitrogen and oxygen atoms in total. The molecule has 20 heavy (non-hydrogen) atoms. The minimum absolute atomic E-state index is 0.138. The van der Waals surface area contributed by atoms with Crippen LogP contribution in [0.4, 0.5) is 0 Å². The van der Waals surface area contributed by atoms with Crippen LogP contribution in [0.5, 0.6) is 0 Å². The smallest absolute Gasteiger partial charge is 0.0664 e. The van der Waals surface area contributed by atoms with Crippen molar-refractivity contribution in [2.45, 2.75) is 103 Å². The minimum Gasteiger partial charge on any atom is -0.392 e.